The summed E-state index contributed by atoms with van der Waals surface area (Å²) in [4.78, 5) is 23.5. The minimum atomic E-state index is -1.02. The van der Waals surface area contributed by atoms with Crippen molar-refractivity contribution in [3.8, 4) is 5.75 Å². The molecular formula is C29H31N3O5. The van der Waals surface area contributed by atoms with E-state index in [0.717, 1.165) is 27.8 Å². The molecule has 2 atom stereocenters. The molecule has 0 saturated heterocycles. The molecule has 4 rings (SSSR count). The fourth-order valence-electron chi connectivity index (χ4n) is 4.33. The fourth-order valence-corrected chi connectivity index (χ4v) is 4.33. The first kappa shape index (κ1) is 25.9. The van der Waals surface area contributed by atoms with Gasteiger partial charge in [-0.3, -0.25) is 4.79 Å². The largest absolute Gasteiger partial charge is 0.491 e. The van der Waals surface area contributed by atoms with Crippen LogP contribution in [0.3, 0.4) is 0 Å². The molecule has 37 heavy (non-hydrogen) atoms. The summed E-state index contributed by atoms with van der Waals surface area (Å²) in [6.45, 7) is 2.92. The number of amides is 1. The fraction of sp³-hybridized carbons (Fsp3) is 0.241. The second-order valence-corrected chi connectivity index (χ2v) is 9.17. The van der Waals surface area contributed by atoms with Gasteiger partial charge in [-0.25, -0.2) is 4.79 Å². The number of rotatable bonds is 12. The van der Waals surface area contributed by atoms with Crippen LogP contribution in [0, 0.1) is 0 Å². The van der Waals surface area contributed by atoms with Crippen molar-refractivity contribution in [2.75, 3.05) is 13.2 Å². The summed E-state index contributed by atoms with van der Waals surface area (Å²) in [5.74, 6) is -0.831. The Hall–Kier alpha value is -4.14. The average molecular weight is 502 g/mol. The van der Waals surface area contributed by atoms with Crippen LogP contribution in [0.5, 0.6) is 5.75 Å². The molecule has 4 aromatic rings. The van der Waals surface area contributed by atoms with E-state index in [0.29, 0.717) is 25.1 Å². The van der Waals surface area contributed by atoms with Crippen molar-refractivity contribution >= 4 is 22.8 Å². The molecular weight excluding hydrogens is 470 g/mol. The van der Waals surface area contributed by atoms with Gasteiger partial charge in [-0.05, 0) is 66.9 Å². The zero-order valence-corrected chi connectivity index (χ0v) is 20.6. The SMILES string of the molecule is C[C@H](Cc1ccc2c(c1)cc(C(=O)O)n2Cc1cccc(C(N)=O)c1)NC[C@H](O)COc1ccccc1. The van der Waals surface area contributed by atoms with Crippen molar-refractivity contribution in [1.29, 1.82) is 0 Å². The molecule has 0 aliphatic heterocycles. The summed E-state index contributed by atoms with van der Waals surface area (Å²) in [6, 6.07) is 23.9. The number of carbonyl (C=O) groups excluding carboxylic acids is 1. The lowest BCUT2D eigenvalue weighted by Gasteiger charge is -2.18. The van der Waals surface area contributed by atoms with Crippen LogP contribution in [0.2, 0.25) is 0 Å². The zero-order chi connectivity index (χ0) is 26.4. The van der Waals surface area contributed by atoms with Crippen molar-refractivity contribution < 1.29 is 24.5 Å². The molecule has 0 saturated carbocycles. The highest BCUT2D eigenvalue weighted by Gasteiger charge is 2.17. The average Bonchev–Trinajstić information content (AvgIpc) is 3.24. The predicted molar refractivity (Wildman–Crippen MR) is 142 cm³/mol. The van der Waals surface area contributed by atoms with E-state index in [1.807, 2.05) is 61.5 Å². The van der Waals surface area contributed by atoms with Crippen LogP contribution in [0.15, 0.2) is 78.9 Å². The number of nitrogens with one attached hydrogen (secondary N) is 1. The number of aliphatic hydroxyl groups is 1. The summed E-state index contributed by atoms with van der Waals surface area (Å²) >= 11 is 0. The van der Waals surface area contributed by atoms with E-state index in [4.69, 9.17) is 10.5 Å². The maximum atomic E-state index is 12.0. The maximum Gasteiger partial charge on any atom is 0.352 e. The highest BCUT2D eigenvalue weighted by atomic mass is 16.5. The number of hydrogen-bond acceptors (Lipinski definition) is 5. The van der Waals surface area contributed by atoms with E-state index in [1.165, 1.54) is 0 Å². The number of carboxylic acid groups (broad SMARTS) is 1. The number of ether oxygens (including phenoxy) is 1. The number of hydrogen-bond donors (Lipinski definition) is 4. The first-order valence-corrected chi connectivity index (χ1v) is 12.1. The highest BCUT2D eigenvalue weighted by molar-refractivity contribution is 5.95. The van der Waals surface area contributed by atoms with E-state index < -0.39 is 18.0 Å². The topological polar surface area (TPSA) is 127 Å². The molecule has 0 aliphatic carbocycles. The van der Waals surface area contributed by atoms with Crippen LogP contribution >= 0.6 is 0 Å². The van der Waals surface area contributed by atoms with Crippen LogP contribution in [-0.4, -0.2) is 52.0 Å². The van der Waals surface area contributed by atoms with Gasteiger partial charge < -0.3 is 30.6 Å². The van der Waals surface area contributed by atoms with Crippen LogP contribution in [0.25, 0.3) is 10.9 Å². The molecule has 0 spiro atoms. The first-order chi connectivity index (χ1) is 17.8. The molecule has 8 heteroatoms. The Labute approximate surface area is 215 Å². The number of nitrogens with two attached hydrogens (primary N) is 1. The Kier molecular flexibility index (Phi) is 8.22. The molecule has 0 fully saturated rings. The molecule has 192 valence electrons. The maximum absolute atomic E-state index is 12.0. The smallest absolute Gasteiger partial charge is 0.352 e. The number of carboxylic acids is 1. The van der Waals surface area contributed by atoms with Gasteiger partial charge in [0.15, 0.2) is 0 Å². The lowest BCUT2D eigenvalue weighted by Crippen LogP contribution is -2.37. The number of para-hydroxylation sites is 1. The van der Waals surface area contributed by atoms with Gasteiger partial charge in [-0.15, -0.1) is 0 Å². The van der Waals surface area contributed by atoms with Crippen LogP contribution in [0.1, 0.15) is 38.9 Å². The molecule has 3 aromatic carbocycles. The minimum Gasteiger partial charge on any atom is -0.491 e. The Bertz CT molecular complexity index is 1380. The number of aromatic nitrogens is 1. The predicted octanol–water partition coefficient (Wildman–Crippen LogP) is 3.45. The van der Waals surface area contributed by atoms with Crippen molar-refractivity contribution in [3.05, 3.63) is 101 Å². The van der Waals surface area contributed by atoms with Crippen LogP contribution in [0.4, 0.5) is 0 Å². The Morgan fingerprint density at radius 1 is 1.00 bits per heavy atom. The number of aromatic carboxylic acids is 1. The van der Waals surface area contributed by atoms with E-state index in [1.54, 1.807) is 28.8 Å². The number of benzene rings is 3. The molecule has 0 unspecified atom stereocenters. The lowest BCUT2D eigenvalue weighted by atomic mass is 10.0. The molecule has 0 radical (unpaired) electrons. The van der Waals surface area contributed by atoms with Gasteiger partial charge in [0.25, 0.3) is 0 Å². The molecule has 0 bridgehead atoms. The van der Waals surface area contributed by atoms with Crippen molar-refractivity contribution in [2.24, 2.45) is 5.73 Å². The molecule has 8 nitrogen and oxygen atoms in total. The van der Waals surface area contributed by atoms with E-state index >= 15 is 0 Å². The number of nitrogens with zero attached hydrogens (tertiary/aromatic N) is 1. The third-order valence-electron chi connectivity index (χ3n) is 6.17. The molecule has 0 aliphatic rings. The lowest BCUT2D eigenvalue weighted by molar-refractivity contribution is 0.0686. The molecule has 1 aromatic heterocycles. The number of carbonyl (C=O) groups is 2. The quantitative estimate of drug-likeness (QED) is 0.236. The summed E-state index contributed by atoms with van der Waals surface area (Å²) in [5, 5.41) is 24.2. The summed E-state index contributed by atoms with van der Waals surface area (Å²) in [5.41, 5.74) is 8.57. The van der Waals surface area contributed by atoms with Gasteiger partial charge in [-0.1, -0.05) is 36.4 Å². The van der Waals surface area contributed by atoms with Gasteiger partial charge >= 0.3 is 5.97 Å². The van der Waals surface area contributed by atoms with Crippen LogP contribution in [-0.2, 0) is 13.0 Å². The van der Waals surface area contributed by atoms with E-state index in [-0.39, 0.29) is 18.3 Å². The zero-order valence-electron chi connectivity index (χ0n) is 20.6. The molecule has 1 amide bonds. The Morgan fingerprint density at radius 3 is 2.51 bits per heavy atom. The monoisotopic (exact) mass is 501 g/mol. The standard InChI is InChI=1S/C29H31N3O5/c1-19(31-16-24(33)18-37-25-8-3-2-4-9-25)12-20-10-11-26-23(13-20)15-27(29(35)36)32(26)17-21-6-5-7-22(14-21)28(30)34/h2-11,13-15,19,24,31,33H,12,16-18H2,1H3,(H2,30,34)(H,35,36)/t19-,24+/m1/s1. The van der Waals surface area contributed by atoms with Gasteiger partial charge in [0.05, 0.1) is 0 Å². The normalized spacial score (nSPS) is 12.8. The second-order valence-electron chi connectivity index (χ2n) is 9.17. The number of primary amides is 1. The second kappa shape index (κ2) is 11.7. The first-order valence-electron chi connectivity index (χ1n) is 12.1. The van der Waals surface area contributed by atoms with Crippen molar-refractivity contribution in [3.63, 3.8) is 0 Å². The summed E-state index contributed by atoms with van der Waals surface area (Å²) < 4.78 is 7.33. The third kappa shape index (κ3) is 6.75. The minimum absolute atomic E-state index is 0.0846. The van der Waals surface area contributed by atoms with E-state index in [2.05, 4.69) is 5.32 Å². The van der Waals surface area contributed by atoms with Gasteiger partial charge in [0.2, 0.25) is 5.91 Å². The van der Waals surface area contributed by atoms with Crippen LogP contribution < -0.4 is 15.8 Å². The molecule has 5 N–H and O–H groups in total. The van der Waals surface area contributed by atoms with Gasteiger partial charge in [0, 0.05) is 35.6 Å². The van der Waals surface area contributed by atoms with Crippen molar-refractivity contribution in [2.45, 2.75) is 32.0 Å². The van der Waals surface area contributed by atoms with E-state index in [9.17, 15) is 19.8 Å². The summed E-state index contributed by atoms with van der Waals surface area (Å²) in [7, 11) is 0. The summed E-state index contributed by atoms with van der Waals surface area (Å²) in [6.07, 6.45) is 0.0570. The number of fused-ring (bicyclic) bond motifs is 1. The Morgan fingerprint density at radius 2 is 1.78 bits per heavy atom. The highest BCUT2D eigenvalue weighted by Crippen LogP contribution is 2.24. The third-order valence-corrected chi connectivity index (χ3v) is 6.17. The van der Waals surface area contributed by atoms with Gasteiger partial charge in [0.1, 0.15) is 24.2 Å². The molecule has 1 heterocycles. The number of aliphatic hydroxyl groups excluding tert-OH is 1. The van der Waals surface area contributed by atoms with Gasteiger partial charge in [-0.2, -0.15) is 0 Å². The Balaban J connectivity index is 1.41. The van der Waals surface area contributed by atoms with Crippen molar-refractivity contribution in [1.82, 2.24) is 9.88 Å².